The van der Waals surface area contributed by atoms with E-state index in [1.54, 1.807) is 6.20 Å². The van der Waals surface area contributed by atoms with Crippen LogP contribution in [0.25, 0.3) is 0 Å². The van der Waals surface area contributed by atoms with Crippen molar-refractivity contribution < 1.29 is 4.79 Å². The summed E-state index contributed by atoms with van der Waals surface area (Å²) in [6.07, 6.45) is 2.72. The fourth-order valence-corrected chi connectivity index (χ4v) is 2.83. The predicted molar refractivity (Wildman–Crippen MR) is 106 cm³/mol. The molecule has 1 amide bonds. The van der Waals surface area contributed by atoms with Gasteiger partial charge < -0.3 is 10.6 Å². The SMILES string of the molecule is CCCNc1ccc(NC(=O)C(c2ccccc2)c2ccccc2)cn1. The van der Waals surface area contributed by atoms with Crippen molar-refractivity contribution >= 4 is 17.4 Å². The van der Waals surface area contributed by atoms with Crippen LogP contribution in [-0.4, -0.2) is 17.4 Å². The first-order chi connectivity index (χ1) is 12.8. The van der Waals surface area contributed by atoms with Crippen molar-refractivity contribution in [2.75, 3.05) is 17.2 Å². The number of aromatic nitrogens is 1. The van der Waals surface area contributed by atoms with Crippen LogP contribution in [-0.2, 0) is 4.79 Å². The van der Waals surface area contributed by atoms with E-state index in [9.17, 15) is 4.79 Å². The molecule has 2 N–H and O–H groups in total. The first kappa shape index (κ1) is 17.7. The van der Waals surface area contributed by atoms with Gasteiger partial charge in [-0.1, -0.05) is 67.6 Å². The van der Waals surface area contributed by atoms with E-state index >= 15 is 0 Å². The fourth-order valence-electron chi connectivity index (χ4n) is 2.83. The molecule has 3 rings (SSSR count). The zero-order valence-corrected chi connectivity index (χ0v) is 14.9. The molecule has 4 heteroatoms. The summed E-state index contributed by atoms with van der Waals surface area (Å²) in [4.78, 5) is 17.4. The highest BCUT2D eigenvalue weighted by molar-refractivity contribution is 5.98. The van der Waals surface area contributed by atoms with Gasteiger partial charge in [0.15, 0.2) is 0 Å². The zero-order valence-electron chi connectivity index (χ0n) is 14.9. The minimum absolute atomic E-state index is 0.0709. The van der Waals surface area contributed by atoms with Gasteiger partial charge in [0.2, 0.25) is 5.91 Å². The molecular weight excluding hydrogens is 322 g/mol. The van der Waals surface area contributed by atoms with Crippen LogP contribution in [0.5, 0.6) is 0 Å². The van der Waals surface area contributed by atoms with Crippen molar-refractivity contribution in [2.24, 2.45) is 0 Å². The Balaban J connectivity index is 1.80. The molecule has 26 heavy (non-hydrogen) atoms. The van der Waals surface area contributed by atoms with E-state index in [0.29, 0.717) is 5.69 Å². The third-order valence-corrected chi connectivity index (χ3v) is 4.12. The number of pyridine rings is 1. The molecule has 0 bridgehead atoms. The molecule has 1 aromatic heterocycles. The van der Waals surface area contributed by atoms with Crippen LogP contribution < -0.4 is 10.6 Å². The Bertz CT molecular complexity index is 778. The summed E-state index contributed by atoms with van der Waals surface area (Å²) in [6.45, 7) is 2.98. The fraction of sp³-hybridized carbons (Fsp3) is 0.182. The molecule has 0 aliphatic heterocycles. The summed E-state index contributed by atoms with van der Waals surface area (Å²) >= 11 is 0. The first-order valence-electron chi connectivity index (χ1n) is 8.88. The molecule has 0 atom stereocenters. The summed E-state index contributed by atoms with van der Waals surface area (Å²) in [7, 11) is 0. The van der Waals surface area contributed by atoms with E-state index in [2.05, 4.69) is 22.5 Å². The molecule has 132 valence electrons. The highest BCUT2D eigenvalue weighted by atomic mass is 16.1. The van der Waals surface area contributed by atoms with Gasteiger partial charge in [-0.2, -0.15) is 0 Å². The van der Waals surface area contributed by atoms with Crippen LogP contribution >= 0.6 is 0 Å². The number of benzene rings is 2. The lowest BCUT2D eigenvalue weighted by Crippen LogP contribution is -2.22. The molecule has 0 saturated heterocycles. The number of nitrogens with zero attached hydrogens (tertiary/aromatic N) is 1. The molecule has 0 saturated carbocycles. The lowest BCUT2D eigenvalue weighted by molar-refractivity contribution is -0.116. The summed E-state index contributed by atoms with van der Waals surface area (Å²) < 4.78 is 0. The average Bonchev–Trinajstić information content (AvgIpc) is 2.69. The molecule has 1 heterocycles. The van der Waals surface area contributed by atoms with Gasteiger partial charge in [-0.3, -0.25) is 4.79 Å². The highest BCUT2D eigenvalue weighted by Crippen LogP contribution is 2.26. The van der Waals surface area contributed by atoms with Gasteiger partial charge >= 0.3 is 0 Å². The lowest BCUT2D eigenvalue weighted by Gasteiger charge is -2.18. The molecular formula is C22H23N3O. The van der Waals surface area contributed by atoms with Crippen LogP contribution in [0.3, 0.4) is 0 Å². The third kappa shape index (κ3) is 4.48. The highest BCUT2D eigenvalue weighted by Gasteiger charge is 2.22. The first-order valence-corrected chi connectivity index (χ1v) is 8.88. The Morgan fingerprint density at radius 1 is 0.923 bits per heavy atom. The van der Waals surface area contributed by atoms with Gasteiger partial charge in [-0.25, -0.2) is 4.98 Å². The number of carbonyl (C=O) groups is 1. The standard InChI is InChI=1S/C22H23N3O/c1-2-15-23-20-14-13-19(16-24-20)25-22(26)21(17-9-5-3-6-10-17)18-11-7-4-8-12-18/h3-14,16,21H,2,15H2,1H3,(H,23,24)(H,25,26). The second-order valence-corrected chi connectivity index (χ2v) is 6.10. The van der Waals surface area contributed by atoms with Gasteiger partial charge in [-0.05, 0) is 29.7 Å². The van der Waals surface area contributed by atoms with Crippen LogP contribution in [0.15, 0.2) is 79.0 Å². The van der Waals surface area contributed by atoms with Crippen LogP contribution in [0.2, 0.25) is 0 Å². The van der Waals surface area contributed by atoms with Gasteiger partial charge in [0.25, 0.3) is 0 Å². The van der Waals surface area contributed by atoms with Crippen molar-refractivity contribution in [3.8, 4) is 0 Å². The van der Waals surface area contributed by atoms with E-state index in [-0.39, 0.29) is 11.8 Å². The molecule has 4 nitrogen and oxygen atoms in total. The van der Waals surface area contributed by atoms with Gasteiger partial charge in [0, 0.05) is 6.54 Å². The van der Waals surface area contributed by atoms with E-state index in [0.717, 1.165) is 29.9 Å². The summed E-state index contributed by atoms with van der Waals surface area (Å²) in [5.74, 6) is 0.376. The lowest BCUT2D eigenvalue weighted by atomic mass is 9.90. The maximum absolute atomic E-state index is 13.0. The van der Waals surface area contributed by atoms with E-state index in [4.69, 9.17) is 0 Å². The molecule has 0 fully saturated rings. The molecule has 0 spiro atoms. The smallest absolute Gasteiger partial charge is 0.236 e. The average molecular weight is 345 g/mol. The van der Waals surface area contributed by atoms with E-state index in [1.807, 2.05) is 72.8 Å². The van der Waals surface area contributed by atoms with Crippen molar-refractivity contribution in [1.82, 2.24) is 4.98 Å². The number of carbonyl (C=O) groups excluding carboxylic acids is 1. The molecule has 3 aromatic rings. The topological polar surface area (TPSA) is 54.0 Å². The Kier molecular flexibility index (Phi) is 5.99. The molecule has 0 aliphatic carbocycles. The monoisotopic (exact) mass is 345 g/mol. The summed E-state index contributed by atoms with van der Waals surface area (Å²) in [5.41, 5.74) is 2.62. The van der Waals surface area contributed by atoms with Crippen LogP contribution in [0.4, 0.5) is 11.5 Å². The van der Waals surface area contributed by atoms with Crippen molar-refractivity contribution in [3.63, 3.8) is 0 Å². The Labute approximate surface area is 154 Å². The number of hydrogen-bond acceptors (Lipinski definition) is 3. The summed E-state index contributed by atoms with van der Waals surface area (Å²) in [5, 5.41) is 6.22. The number of nitrogens with one attached hydrogen (secondary N) is 2. The van der Waals surface area contributed by atoms with Crippen molar-refractivity contribution in [2.45, 2.75) is 19.3 Å². The maximum Gasteiger partial charge on any atom is 0.236 e. The van der Waals surface area contributed by atoms with Crippen LogP contribution in [0.1, 0.15) is 30.4 Å². The second-order valence-electron chi connectivity index (χ2n) is 6.10. The Morgan fingerprint density at radius 2 is 1.54 bits per heavy atom. The number of hydrogen-bond donors (Lipinski definition) is 2. The Hall–Kier alpha value is -3.14. The van der Waals surface area contributed by atoms with Gasteiger partial charge in [0.05, 0.1) is 17.8 Å². The molecule has 0 aliphatic rings. The normalized spacial score (nSPS) is 10.5. The predicted octanol–water partition coefficient (Wildman–Crippen LogP) is 4.67. The second kappa shape index (κ2) is 8.81. The number of rotatable bonds is 7. The third-order valence-electron chi connectivity index (χ3n) is 4.12. The van der Waals surface area contributed by atoms with Gasteiger partial charge in [-0.15, -0.1) is 0 Å². The van der Waals surface area contributed by atoms with Crippen molar-refractivity contribution in [1.29, 1.82) is 0 Å². The maximum atomic E-state index is 13.0. The van der Waals surface area contributed by atoms with Gasteiger partial charge in [0.1, 0.15) is 5.82 Å². The minimum Gasteiger partial charge on any atom is -0.370 e. The largest absolute Gasteiger partial charge is 0.370 e. The molecule has 0 radical (unpaired) electrons. The quantitative estimate of drug-likeness (QED) is 0.654. The zero-order chi connectivity index (χ0) is 18.2. The van der Waals surface area contributed by atoms with Crippen LogP contribution in [0, 0.1) is 0 Å². The molecule has 2 aromatic carbocycles. The van der Waals surface area contributed by atoms with E-state index < -0.39 is 0 Å². The summed E-state index contributed by atoms with van der Waals surface area (Å²) in [6, 6.07) is 23.4. The number of amides is 1. The Morgan fingerprint density at radius 3 is 2.04 bits per heavy atom. The number of anilines is 2. The molecule has 0 unspecified atom stereocenters. The van der Waals surface area contributed by atoms with E-state index in [1.165, 1.54) is 0 Å². The van der Waals surface area contributed by atoms with Crippen molar-refractivity contribution in [3.05, 3.63) is 90.1 Å². The minimum atomic E-state index is -0.365.